The van der Waals surface area contributed by atoms with Crippen LogP contribution < -0.4 is 20.1 Å². The summed E-state index contributed by atoms with van der Waals surface area (Å²) in [7, 11) is 1.45. The number of carbonyl (C=O) groups excluding carboxylic acids is 2. The van der Waals surface area contributed by atoms with Crippen LogP contribution in [0.25, 0.3) is 0 Å². The Hall–Kier alpha value is -2.73. The molecule has 0 aliphatic carbocycles. The molecule has 6 nitrogen and oxygen atoms in total. The third-order valence-corrected chi connectivity index (χ3v) is 3.50. The van der Waals surface area contributed by atoms with Gasteiger partial charge in [-0.15, -0.1) is 0 Å². The monoisotopic (exact) mass is 362 g/mol. The van der Waals surface area contributed by atoms with Crippen LogP contribution in [0, 0.1) is 0 Å². The van der Waals surface area contributed by atoms with Crippen LogP contribution in [0.1, 0.15) is 17.3 Å². The van der Waals surface area contributed by atoms with E-state index in [0.29, 0.717) is 28.6 Å². The van der Waals surface area contributed by atoms with Gasteiger partial charge >= 0.3 is 0 Å². The number of halogens is 1. The highest BCUT2D eigenvalue weighted by Gasteiger charge is 2.13. The van der Waals surface area contributed by atoms with Crippen molar-refractivity contribution in [1.82, 2.24) is 5.32 Å². The van der Waals surface area contributed by atoms with Crippen LogP contribution in [0.3, 0.4) is 0 Å². The number of anilines is 1. The molecule has 0 saturated heterocycles. The van der Waals surface area contributed by atoms with Gasteiger partial charge in [0, 0.05) is 10.7 Å². The molecule has 0 heterocycles. The topological polar surface area (TPSA) is 76.7 Å². The van der Waals surface area contributed by atoms with Gasteiger partial charge in [0.05, 0.1) is 25.8 Å². The number of hydrogen-bond acceptors (Lipinski definition) is 4. The number of hydrogen-bond donors (Lipinski definition) is 2. The third kappa shape index (κ3) is 5.39. The van der Waals surface area contributed by atoms with Gasteiger partial charge in [-0.2, -0.15) is 0 Å². The molecular weight excluding hydrogens is 344 g/mol. The van der Waals surface area contributed by atoms with Crippen molar-refractivity contribution in [3.63, 3.8) is 0 Å². The quantitative estimate of drug-likeness (QED) is 0.793. The lowest BCUT2D eigenvalue weighted by Gasteiger charge is -2.10. The lowest BCUT2D eigenvalue weighted by Crippen LogP contribution is -2.33. The maximum atomic E-state index is 12.2. The average Bonchev–Trinajstić information content (AvgIpc) is 2.61. The third-order valence-electron chi connectivity index (χ3n) is 3.27. The number of rotatable bonds is 7. The molecule has 0 fully saturated rings. The van der Waals surface area contributed by atoms with E-state index in [1.807, 2.05) is 6.92 Å². The zero-order valence-electron chi connectivity index (χ0n) is 14.0. The summed E-state index contributed by atoms with van der Waals surface area (Å²) in [5.41, 5.74) is 0.924. The van der Waals surface area contributed by atoms with Crippen LogP contribution in [-0.4, -0.2) is 32.1 Å². The Kier molecular flexibility index (Phi) is 6.65. The first-order valence-electron chi connectivity index (χ1n) is 7.68. The molecule has 0 radical (unpaired) electrons. The smallest absolute Gasteiger partial charge is 0.255 e. The van der Waals surface area contributed by atoms with E-state index in [4.69, 9.17) is 21.1 Å². The minimum absolute atomic E-state index is 0.169. The normalized spacial score (nSPS) is 10.0. The molecule has 7 heteroatoms. The number of benzene rings is 2. The number of nitrogens with one attached hydrogen (secondary N) is 2. The summed E-state index contributed by atoms with van der Waals surface area (Å²) < 4.78 is 10.5. The van der Waals surface area contributed by atoms with Gasteiger partial charge in [0.25, 0.3) is 5.91 Å². The van der Waals surface area contributed by atoms with Crippen LogP contribution in [0.4, 0.5) is 5.69 Å². The summed E-state index contributed by atoms with van der Waals surface area (Å²) in [5, 5.41) is 5.70. The largest absolute Gasteiger partial charge is 0.496 e. The van der Waals surface area contributed by atoms with Gasteiger partial charge in [0.15, 0.2) is 0 Å². The van der Waals surface area contributed by atoms with Crippen molar-refractivity contribution in [2.45, 2.75) is 6.92 Å². The highest BCUT2D eigenvalue weighted by molar-refractivity contribution is 6.30. The van der Waals surface area contributed by atoms with E-state index in [1.165, 1.54) is 13.2 Å². The van der Waals surface area contributed by atoms with Gasteiger partial charge in [-0.3, -0.25) is 9.59 Å². The molecule has 2 rings (SSSR count). The van der Waals surface area contributed by atoms with Gasteiger partial charge in [0.2, 0.25) is 5.91 Å². The van der Waals surface area contributed by atoms with E-state index in [2.05, 4.69) is 10.6 Å². The zero-order chi connectivity index (χ0) is 18.2. The van der Waals surface area contributed by atoms with Crippen LogP contribution >= 0.6 is 11.6 Å². The fourth-order valence-electron chi connectivity index (χ4n) is 2.11. The summed E-state index contributed by atoms with van der Waals surface area (Å²) in [4.78, 5) is 24.1. The van der Waals surface area contributed by atoms with Crippen LogP contribution in [-0.2, 0) is 4.79 Å². The summed E-state index contributed by atoms with van der Waals surface area (Å²) >= 11 is 5.86. The zero-order valence-corrected chi connectivity index (χ0v) is 14.7. The van der Waals surface area contributed by atoms with E-state index < -0.39 is 5.91 Å². The highest BCUT2D eigenvalue weighted by Crippen LogP contribution is 2.23. The molecule has 0 saturated carbocycles. The van der Waals surface area contributed by atoms with E-state index in [0.717, 1.165) is 5.75 Å². The molecule has 0 aromatic heterocycles. The Morgan fingerprint density at radius 2 is 1.84 bits per heavy atom. The second-order valence-electron chi connectivity index (χ2n) is 5.03. The van der Waals surface area contributed by atoms with E-state index in [9.17, 15) is 9.59 Å². The molecule has 25 heavy (non-hydrogen) atoms. The number of carbonyl (C=O) groups is 2. The molecule has 132 valence electrons. The minimum atomic E-state index is -0.421. The van der Waals surface area contributed by atoms with Crippen molar-refractivity contribution >= 4 is 29.1 Å². The summed E-state index contributed by atoms with van der Waals surface area (Å²) in [6, 6.07) is 11.6. The van der Waals surface area contributed by atoms with E-state index in [1.54, 1.807) is 36.4 Å². The lowest BCUT2D eigenvalue weighted by molar-refractivity contribution is -0.115. The van der Waals surface area contributed by atoms with Crippen molar-refractivity contribution in [2.24, 2.45) is 0 Å². The molecule has 2 N–H and O–H groups in total. The summed E-state index contributed by atoms with van der Waals surface area (Å²) in [6.07, 6.45) is 0. The molecular formula is C18H19ClN2O4. The first kappa shape index (κ1) is 18.6. The second-order valence-corrected chi connectivity index (χ2v) is 5.47. The fourth-order valence-corrected chi connectivity index (χ4v) is 2.28. The number of amides is 2. The van der Waals surface area contributed by atoms with Gasteiger partial charge in [-0.1, -0.05) is 11.6 Å². The highest BCUT2D eigenvalue weighted by atomic mass is 35.5. The van der Waals surface area contributed by atoms with Crippen LogP contribution in [0.2, 0.25) is 5.02 Å². The maximum absolute atomic E-state index is 12.2. The number of methoxy groups -OCH3 is 1. The standard InChI is InChI=1S/C18H19ClN2O4/c1-3-25-14-7-5-13(6-8-14)21-17(22)11-20-18(23)15-9-4-12(19)10-16(15)24-2/h4-10H,3,11H2,1-2H3,(H,20,23)(H,21,22). The van der Waals surface area contributed by atoms with Gasteiger partial charge in [-0.25, -0.2) is 0 Å². The first-order chi connectivity index (χ1) is 12.0. The Balaban J connectivity index is 1.90. The van der Waals surface area contributed by atoms with Gasteiger partial charge < -0.3 is 20.1 Å². The Labute approximate surface area is 151 Å². The Morgan fingerprint density at radius 1 is 1.12 bits per heavy atom. The molecule has 0 aliphatic heterocycles. The first-order valence-corrected chi connectivity index (χ1v) is 8.05. The van der Waals surface area contributed by atoms with Crippen LogP contribution in [0.5, 0.6) is 11.5 Å². The fraction of sp³-hybridized carbons (Fsp3) is 0.222. The van der Waals surface area contributed by atoms with Crippen LogP contribution in [0.15, 0.2) is 42.5 Å². The predicted molar refractivity (Wildman–Crippen MR) is 96.6 cm³/mol. The molecule has 0 spiro atoms. The summed E-state index contributed by atoms with van der Waals surface area (Å²) in [5.74, 6) is 0.307. The predicted octanol–water partition coefficient (Wildman–Crippen LogP) is 3.12. The summed E-state index contributed by atoms with van der Waals surface area (Å²) in [6.45, 7) is 2.30. The Bertz CT molecular complexity index is 747. The van der Waals surface area contributed by atoms with Crippen molar-refractivity contribution in [1.29, 1.82) is 0 Å². The van der Waals surface area contributed by atoms with Gasteiger partial charge in [-0.05, 0) is 49.4 Å². The van der Waals surface area contributed by atoms with Gasteiger partial charge in [0.1, 0.15) is 11.5 Å². The van der Waals surface area contributed by atoms with Crippen molar-refractivity contribution in [3.8, 4) is 11.5 Å². The molecule has 2 aromatic carbocycles. The molecule has 0 atom stereocenters. The van der Waals surface area contributed by atoms with Crippen molar-refractivity contribution < 1.29 is 19.1 Å². The molecule has 2 aromatic rings. The SMILES string of the molecule is CCOc1ccc(NC(=O)CNC(=O)c2ccc(Cl)cc2OC)cc1. The molecule has 2 amide bonds. The minimum Gasteiger partial charge on any atom is -0.496 e. The van der Waals surface area contributed by atoms with Crippen molar-refractivity contribution in [3.05, 3.63) is 53.1 Å². The second kappa shape index (κ2) is 8.94. The van der Waals surface area contributed by atoms with Crippen molar-refractivity contribution in [2.75, 3.05) is 25.6 Å². The molecule has 0 bridgehead atoms. The lowest BCUT2D eigenvalue weighted by atomic mass is 10.2. The Morgan fingerprint density at radius 3 is 2.48 bits per heavy atom. The average molecular weight is 363 g/mol. The number of ether oxygens (including phenoxy) is 2. The maximum Gasteiger partial charge on any atom is 0.255 e. The molecule has 0 aliphatic rings. The van der Waals surface area contributed by atoms with E-state index in [-0.39, 0.29) is 12.5 Å². The van der Waals surface area contributed by atoms with E-state index >= 15 is 0 Å². The molecule has 0 unspecified atom stereocenters.